The Morgan fingerprint density at radius 3 is 2.79 bits per heavy atom. The summed E-state index contributed by atoms with van der Waals surface area (Å²) in [5.41, 5.74) is 0.528. The molecule has 0 saturated carbocycles. The van der Waals surface area contributed by atoms with E-state index in [-0.39, 0.29) is 12.0 Å². The van der Waals surface area contributed by atoms with Gasteiger partial charge in [-0.05, 0) is 56.8 Å². The molecular formula is C21H33N3O4. The molecule has 0 N–H and O–H groups in total. The van der Waals surface area contributed by atoms with E-state index < -0.39 is 0 Å². The Morgan fingerprint density at radius 2 is 2.11 bits per heavy atom. The van der Waals surface area contributed by atoms with E-state index in [0.717, 1.165) is 65.1 Å². The lowest BCUT2D eigenvalue weighted by Crippen LogP contribution is -2.44. The first kappa shape index (κ1) is 21.0. The number of carbonyl (C=O) groups excluding carboxylic acids is 1. The smallest absolute Gasteiger partial charge is 0.259 e. The number of methoxy groups -OCH3 is 2. The van der Waals surface area contributed by atoms with Crippen LogP contribution in [0.1, 0.15) is 36.0 Å². The molecule has 3 rings (SSSR count). The van der Waals surface area contributed by atoms with Crippen LogP contribution >= 0.6 is 0 Å². The van der Waals surface area contributed by atoms with Crippen LogP contribution in [0.2, 0.25) is 0 Å². The SMILES string of the molecule is COCCN1CCC(CN(C[C@@H]2CCCO2)C(=O)c2cccnc2OC)CC1. The van der Waals surface area contributed by atoms with Gasteiger partial charge in [0.25, 0.3) is 5.91 Å². The first-order valence-electron chi connectivity index (χ1n) is 10.3. The van der Waals surface area contributed by atoms with Crippen LogP contribution in [0.25, 0.3) is 0 Å². The van der Waals surface area contributed by atoms with Crippen LogP contribution in [0.3, 0.4) is 0 Å². The molecule has 0 aliphatic carbocycles. The van der Waals surface area contributed by atoms with Crippen molar-refractivity contribution in [3.05, 3.63) is 23.9 Å². The number of carbonyl (C=O) groups is 1. The molecule has 2 aliphatic rings. The number of pyridine rings is 1. The summed E-state index contributed by atoms with van der Waals surface area (Å²) >= 11 is 0. The molecule has 2 fully saturated rings. The largest absolute Gasteiger partial charge is 0.480 e. The van der Waals surface area contributed by atoms with E-state index in [9.17, 15) is 4.79 Å². The van der Waals surface area contributed by atoms with Crippen molar-refractivity contribution in [1.29, 1.82) is 0 Å². The van der Waals surface area contributed by atoms with Gasteiger partial charge in [-0.1, -0.05) is 0 Å². The molecule has 1 atom stereocenters. The van der Waals surface area contributed by atoms with Gasteiger partial charge in [-0.3, -0.25) is 4.79 Å². The fourth-order valence-electron chi connectivity index (χ4n) is 4.09. The quantitative estimate of drug-likeness (QED) is 0.642. The van der Waals surface area contributed by atoms with E-state index in [1.807, 2.05) is 4.90 Å². The fraction of sp³-hybridized carbons (Fsp3) is 0.714. The van der Waals surface area contributed by atoms with Gasteiger partial charge in [0.1, 0.15) is 5.56 Å². The summed E-state index contributed by atoms with van der Waals surface area (Å²) in [5, 5.41) is 0. The van der Waals surface area contributed by atoms with E-state index >= 15 is 0 Å². The van der Waals surface area contributed by atoms with Gasteiger partial charge in [0, 0.05) is 39.5 Å². The number of hydrogen-bond donors (Lipinski definition) is 0. The third-order valence-corrected chi connectivity index (χ3v) is 5.73. The Labute approximate surface area is 168 Å². The third kappa shape index (κ3) is 5.65. The number of hydrogen-bond acceptors (Lipinski definition) is 6. The zero-order chi connectivity index (χ0) is 19.8. The van der Waals surface area contributed by atoms with Crippen molar-refractivity contribution in [3.8, 4) is 5.88 Å². The van der Waals surface area contributed by atoms with E-state index in [2.05, 4.69) is 9.88 Å². The maximum absolute atomic E-state index is 13.3. The second-order valence-electron chi connectivity index (χ2n) is 7.68. The number of piperidine rings is 1. The predicted octanol–water partition coefficient (Wildman–Crippen LogP) is 2.07. The molecule has 7 nitrogen and oxygen atoms in total. The Hall–Kier alpha value is -1.70. The summed E-state index contributed by atoms with van der Waals surface area (Å²) < 4.78 is 16.3. The average molecular weight is 392 g/mol. The molecular weight excluding hydrogens is 358 g/mol. The van der Waals surface area contributed by atoms with E-state index in [0.29, 0.717) is 23.9 Å². The molecule has 28 heavy (non-hydrogen) atoms. The number of likely N-dealkylation sites (tertiary alicyclic amines) is 1. The average Bonchev–Trinajstić information content (AvgIpc) is 3.25. The minimum atomic E-state index is -0.0118. The second kappa shape index (κ2) is 10.7. The highest BCUT2D eigenvalue weighted by molar-refractivity contribution is 5.96. The van der Waals surface area contributed by atoms with Gasteiger partial charge in [0.15, 0.2) is 0 Å². The normalized spacial score (nSPS) is 21.0. The molecule has 0 bridgehead atoms. The molecule has 1 amide bonds. The molecule has 156 valence electrons. The summed E-state index contributed by atoms with van der Waals surface area (Å²) in [6.07, 6.45) is 6.07. The van der Waals surface area contributed by atoms with Gasteiger partial charge in [0.05, 0.1) is 19.8 Å². The first-order valence-corrected chi connectivity index (χ1v) is 10.3. The summed E-state index contributed by atoms with van der Waals surface area (Å²) in [6.45, 7) is 6.07. The van der Waals surface area contributed by atoms with Crippen LogP contribution in [0.15, 0.2) is 18.3 Å². The first-order chi connectivity index (χ1) is 13.7. The predicted molar refractivity (Wildman–Crippen MR) is 107 cm³/mol. The summed E-state index contributed by atoms with van der Waals surface area (Å²) in [4.78, 5) is 21.9. The van der Waals surface area contributed by atoms with E-state index in [1.165, 1.54) is 0 Å². The van der Waals surface area contributed by atoms with Gasteiger partial charge < -0.3 is 24.0 Å². The van der Waals surface area contributed by atoms with Crippen LogP contribution < -0.4 is 4.74 Å². The maximum Gasteiger partial charge on any atom is 0.259 e. The molecule has 0 spiro atoms. The number of ether oxygens (including phenoxy) is 3. The van der Waals surface area contributed by atoms with Crippen molar-refractivity contribution in [2.45, 2.75) is 31.8 Å². The summed E-state index contributed by atoms with van der Waals surface area (Å²) in [7, 11) is 3.30. The molecule has 0 radical (unpaired) electrons. The van der Waals surface area contributed by atoms with Crippen LogP contribution in [0.4, 0.5) is 0 Å². The van der Waals surface area contributed by atoms with E-state index in [4.69, 9.17) is 14.2 Å². The number of rotatable bonds is 9. The maximum atomic E-state index is 13.3. The minimum absolute atomic E-state index is 0.0118. The molecule has 1 aromatic rings. The monoisotopic (exact) mass is 391 g/mol. The highest BCUT2D eigenvalue weighted by atomic mass is 16.5. The number of amides is 1. The number of nitrogens with zero attached hydrogens (tertiary/aromatic N) is 3. The zero-order valence-corrected chi connectivity index (χ0v) is 17.1. The van der Waals surface area contributed by atoms with Gasteiger partial charge in [-0.25, -0.2) is 4.98 Å². The van der Waals surface area contributed by atoms with Crippen LogP contribution in [-0.4, -0.2) is 87.0 Å². The van der Waals surface area contributed by atoms with Crippen molar-refractivity contribution in [1.82, 2.24) is 14.8 Å². The van der Waals surface area contributed by atoms with Crippen molar-refractivity contribution in [2.75, 3.05) is 60.2 Å². The molecule has 3 heterocycles. The Morgan fingerprint density at radius 1 is 1.29 bits per heavy atom. The lowest BCUT2D eigenvalue weighted by molar-refractivity contribution is 0.0434. The lowest BCUT2D eigenvalue weighted by atomic mass is 9.95. The highest BCUT2D eigenvalue weighted by Gasteiger charge is 2.29. The van der Waals surface area contributed by atoms with Crippen LogP contribution in [0, 0.1) is 5.92 Å². The van der Waals surface area contributed by atoms with Crippen molar-refractivity contribution in [2.24, 2.45) is 5.92 Å². The fourth-order valence-corrected chi connectivity index (χ4v) is 4.09. The second-order valence-corrected chi connectivity index (χ2v) is 7.68. The Kier molecular flexibility index (Phi) is 8.06. The molecule has 0 aromatic carbocycles. The van der Waals surface area contributed by atoms with Crippen molar-refractivity contribution in [3.63, 3.8) is 0 Å². The van der Waals surface area contributed by atoms with E-state index in [1.54, 1.807) is 32.5 Å². The van der Waals surface area contributed by atoms with Gasteiger partial charge in [-0.2, -0.15) is 0 Å². The minimum Gasteiger partial charge on any atom is -0.480 e. The van der Waals surface area contributed by atoms with Crippen LogP contribution in [0.5, 0.6) is 5.88 Å². The third-order valence-electron chi connectivity index (χ3n) is 5.73. The molecule has 1 aromatic heterocycles. The Bertz CT molecular complexity index is 613. The van der Waals surface area contributed by atoms with Crippen molar-refractivity contribution < 1.29 is 19.0 Å². The lowest BCUT2D eigenvalue weighted by Gasteiger charge is -2.35. The molecule has 0 unspecified atom stereocenters. The summed E-state index contributed by atoms with van der Waals surface area (Å²) in [6, 6.07) is 3.58. The topological polar surface area (TPSA) is 64.1 Å². The molecule has 2 aliphatic heterocycles. The highest BCUT2D eigenvalue weighted by Crippen LogP contribution is 2.23. The van der Waals surface area contributed by atoms with Gasteiger partial charge in [-0.15, -0.1) is 0 Å². The van der Waals surface area contributed by atoms with Crippen molar-refractivity contribution >= 4 is 5.91 Å². The number of aromatic nitrogens is 1. The summed E-state index contributed by atoms with van der Waals surface area (Å²) in [5.74, 6) is 0.883. The molecule has 2 saturated heterocycles. The van der Waals surface area contributed by atoms with Gasteiger partial charge in [0.2, 0.25) is 5.88 Å². The standard InChI is InChI=1S/C21H33N3O4/c1-26-14-12-23-10-7-17(8-11-23)15-24(16-18-5-4-13-28-18)21(25)19-6-3-9-22-20(19)27-2/h3,6,9,17-18H,4-5,7-8,10-16H2,1-2H3/t18-/m0/s1. The van der Waals surface area contributed by atoms with Gasteiger partial charge >= 0.3 is 0 Å². The Balaban J connectivity index is 1.64. The van der Waals surface area contributed by atoms with Crippen LogP contribution in [-0.2, 0) is 9.47 Å². The zero-order valence-electron chi connectivity index (χ0n) is 17.1. The molecule has 7 heteroatoms.